The van der Waals surface area contributed by atoms with Gasteiger partial charge in [0.05, 0.1) is 54.2 Å². The standard InChI is InChI=1S/C60H55F2N11O9S2/c1-34-20-36(5-10-48(34)64)37-6-11-50(35(2)21-37)72-57(77)53(71-54(74)31-81-43-9-13-52-47(24-43)45(15-17-67-52)56(76)69-29-55(75)73-33-60(61,62)25-42(73)26-63)32-84-83-19-18-80-59(78)82-30-41-8-4-39(27-68-41)44-14-16-66-51-12-7-38(22-46(44)51)40-23-49(65)58(79-3)70-28-40/h4-17,20-24,27-28,42,53H,18-19,25,29-33,64-65H2,1-3H3,(H,69,76)(H,71,74)(H,72,77)/t42-,53?/m0/s1. The molecule has 8 aromatic rings. The number of pyridine rings is 4. The quantitative estimate of drug-likeness (QED) is 0.0194. The van der Waals surface area contributed by atoms with E-state index < -0.39 is 73.9 Å². The number of halogens is 2. The van der Waals surface area contributed by atoms with Crippen LogP contribution in [-0.2, 0) is 30.5 Å². The number of rotatable bonds is 21. The number of aromatic nitrogens is 4. The lowest BCUT2D eigenvalue weighted by Gasteiger charge is -2.19. The predicted molar refractivity (Wildman–Crippen MR) is 317 cm³/mol. The van der Waals surface area contributed by atoms with E-state index in [-0.39, 0.29) is 30.3 Å². The number of carbonyl (C=O) groups excluding carboxylic acids is 5. The van der Waals surface area contributed by atoms with E-state index in [4.69, 9.17) is 30.4 Å². The van der Waals surface area contributed by atoms with E-state index in [1.165, 1.54) is 53.1 Å². The molecule has 4 aromatic carbocycles. The Hall–Kier alpha value is -9.60. The Labute approximate surface area is 488 Å². The summed E-state index contributed by atoms with van der Waals surface area (Å²) in [7, 11) is 4.07. The fourth-order valence-corrected chi connectivity index (χ4v) is 11.1. The summed E-state index contributed by atoms with van der Waals surface area (Å²) in [5.74, 6) is -5.04. The average molecular weight is 1180 g/mol. The molecule has 9 rings (SSSR count). The molecule has 5 heterocycles. The van der Waals surface area contributed by atoms with Crippen LogP contribution in [-0.4, -0.2) is 118 Å². The first-order chi connectivity index (χ1) is 40.4. The molecular formula is C60H55F2N11O9S2. The maximum atomic E-state index is 14.0. The van der Waals surface area contributed by atoms with Crippen LogP contribution < -0.4 is 36.9 Å². The van der Waals surface area contributed by atoms with Gasteiger partial charge in [-0.1, -0.05) is 45.9 Å². The molecule has 1 saturated heterocycles. The summed E-state index contributed by atoms with van der Waals surface area (Å²) in [5, 5.41) is 18.6. The molecule has 0 bridgehead atoms. The van der Waals surface area contributed by atoms with Gasteiger partial charge >= 0.3 is 6.16 Å². The number of amides is 4. The second-order valence-corrected chi connectivity index (χ2v) is 22.0. The van der Waals surface area contributed by atoms with E-state index in [1.54, 1.807) is 48.9 Å². The summed E-state index contributed by atoms with van der Waals surface area (Å²) in [4.78, 5) is 84.7. The Bertz CT molecular complexity index is 3850. The van der Waals surface area contributed by atoms with Crippen molar-refractivity contribution in [2.45, 2.75) is 44.9 Å². The SMILES string of the molecule is COc1ncc(-c2ccc3nccc(-c4ccc(COC(=O)OCCSSCC(NC(=O)COc5ccc6nccc(C(=O)NCC(=O)N7CC(F)(F)C[C@H]7C#N)c6c5)C(=O)Nc5ccc(-c6ccc(N)c(C)c6)cc5C)nc4)c3c2)cc1N. The molecule has 0 radical (unpaired) electrons. The molecule has 4 amide bonds. The van der Waals surface area contributed by atoms with Gasteiger partial charge < -0.3 is 51.3 Å². The summed E-state index contributed by atoms with van der Waals surface area (Å²) in [6.07, 6.45) is 4.79. The van der Waals surface area contributed by atoms with Crippen molar-refractivity contribution in [3.05, 3.63) is 150 Å². The van der Waals surface area contributed by atoms with Crippen molar-refractivity contribution in [1.82, 2.24) is 35.5 Å². The lowest BCUT2D eigenvalue weighted by molar-refractivity contribution is -0.131. The highest BCUT2D eigenvalue weighted by Gasteiger charge is 2.47. The Morgan fingerprint density at radius 3 is 2.24 bits per heavy atom. The van der Waals surface area contributed by atoms with Crippen molar-refractivity contribution in [3.63, 3.8) is 0 Å². The molecule has 1 aliphatic rings. The number of likely N-dealkylation sites (tertiary alicyclic amines) is 1. The lowest BCUT2D eigenvalue weighted by Crippen LogP contribution is -2.47. The van der Waals surface area contributed by atoms with Gasteiger partial charge in [-0.2, -0.15) is 5.26 Å². The van der Waals surface area contributed by atoms with Crippen LogP contribution in [0.5, 0.6) is 11.6 Å². The molecule has 0 aliphatic carbocycles. The fraction of sp³-hybridized carbons (Fsp3) is 0.233. The van der Waals surface area contributed by atoms with Crippen LogP contribution in [0.4, 0.5) is 30.6 Å². The number of alkyl halides is 2. The van der Waals surface area contributed by atoms with E-state index in [9.17, 15) is 38.0 Å². The van der Waals surface area contributed by atoms with Crippen LogP contribution >= 0.6 is 21.6 Å². The van der Waals surface area contributed by atoms with Crippen molar-refractivity contribution in [2.75, 3.05) is 61.7 Å². The third-order valence-corrected chi connectivity index (χ3v) is 15.9. The number of anilines is 3. The van der Waals surface area contributed by atoms with E-state index in [2.05, 4.69) is 35.9 Å². The minimum absolute atomic E-state index is 0.0269. The number of nitrogen functional groups attached to an aromatic ring is 2. The maximum Gasteiger partial charge on any atom is 0.508 e. The van der Waals surface area contributed by atoms with Crippen LogP contribution in [0.25, 0.3) is 55.2 Å². The minimum atomic E-state index is -3.22. The van der Waals surface area contributed by atoms with Gasteiger partial charge in [0.1, 0.15) is 31.0 Å². The van der Waals surface area contributed by atoms with E-state index >= 15 is 0 Å². The number of fused-ring (bicyclic) bond motifs is 2. The van der Waals surface area contributed by atoms with Gasteiger partial charge in [-0.15, -0.1) is 0 Å². The van der Waals surface area contributed by atoms with Crippen molar-refractivity contribution < 1.29 is 51.7 Å². The van der Waals surface area contributed by atoms with Crippen molar-refractivity contribution in [3.8, 4) is 51.1 Å². The summed E-state index contributed by atoms with van der Waals surface area (Å²) in [5.41, 5.74) is 22.5. The highest BCUT2D eigenvalue weighted by molar-refractivity contribution is 8.76. The molecule has 430 valence electrons. The third-order valence-electron chi connectivity index (χ3n) is 13.5. The van der Waals surface area contributed by atoms with Crippen LogP contribution in [0, 0.1) is 25.2 Å². The number of methoxy groups -OCH3 is 1. The zero-order valence-corrected chi connectivity index (χ0v) is 47.2. The molecule has 0 saturated carbocycles. The Morgan fingerprint density at radius 2 is 1.50 bits per heavy atom. The number of ether oxygens (including phenoxy) is 4. The Morgan fingerprint density at radius 1 is 0.786 bits per heavy atom. The van der Waals surface area contributed by atoms with Crippen LogP contribution in [0.3, 0.4) is 0 Å². The monoisotopic (exact) mass is 1180 g/mol. The second kappa shape index (κ2) is 26.5. The summed E-state index contributed by atoms with van der Waals surface area (Å²) in [6.45, 7) is 1.50. The second-order valence-electron chi connectivity index (χ2n) is 19.4. The third kappa shape index (κ3) is 14.5. The summed E-state index contributed by atoms with van der Waals surface area (Å²) >= 11 is 0. The summed E-state index contributed by atoms with van der Waals surface area (Å²) in [6, 6.07) is 29.8. The molecule has 84 heavy (non-hydrogen) atoms. The first-order valence-corrected chi connectivity index (χ1v) is 28.6. The van der Waals surface area contributed by atoms with Gasteiger partial charge in [-0.25, -0.2) is 18.6 Å². The summed E-state index contributed by atoms with van der Waals surface area (Å²) < 4.78 is 49.7. The van der Waals surface area contributed by atoms with Crippen molar-refractivity contribution in [2.24, 2.45) is 0 Å². The molecular weight excluding hydrogens is 1120 g/mol. The number of nitrogens with one attached hydrogen (secondary N) is 3. The zero-order chi connectivity index (χ0) is 59.5. The smallest absolute Gasteiger partial charge is 0.484 e. The number of benzene rings is 4. The normalized spacial score (nSPS) is 13.8. The first kappa shape index (κ1) is 59.0. The number of hydrogen-bond donors (Lipinski definition) is 5. The minimum Gasteiger partial charge on any atom is -0.484 e. The highest BCUT2D eigenvalue weighted by atomic mass is 33.1. The molecule has 2 atom stereocenters. The molecule has 4 aromatic heterocycles. The molecule has 24 heteroatoms. The number of nitriles is 1. The zero-order valence-electron chi connectivity index (χ0n) is 45.5. The first-order valence-electron chi connectivity index (χ1n) is 26.1. The number of carbonyl (C=O) groups is 5. The van der Waals surface area contributed by atoms with Crippen molar-refractivity contribution in [1.29, 1.82) is 5.26 Å². The molecule has 20 nitrogen and oxygen atoms in total. The van der Waals surface area contributed by atoms with E-state index in [1.807, 2.05) is 74.5 Å². The molecule has 1 unspecified atom stereocenters. The average Bonchev–Trinajstić information content (AvgIpc) is 3.88. The lowest BCUT2D eigenvalue weighted by atomic mass is 9.98. The van der Waals surface area contributed by atoms with Gasteiger partial charge in [-0.3, -0.25) is 34.1 Å². The number of aryl methyl sites for hydroxylation is 2. The van der Waals surface area contributed by atoms with Gasteiger partial charge in [0.2, 0.25) is 17.7 Å². The topological polar surface area (TPSA) is 289 Å². The fourth-order valence-electron chi connectivity index (χ4n) is 9.14. The number of nitrogens with zero attached hydrogens (tertiary/aromatic N) is 6. The van der Waals surface area contributed by atoms with Crippen LogP contribution in [0.15, 0.2) is 128 Å². The number of hydrogen-bond acceptors (Lipinski definition) is 18. The Balaban J connectivity index is 0.782. The molecule has 0 spiro atoms. The molecule has 7 N–H and O–H groups in total. The number of nitrogens with two attached hydrogens (primary N) is 2. The molecule has 1 aliphatic heterocycles. The largest absolute Gasteiger partial charge is 0.508 e. The van der Waals surface area contributed by atoms with Gasteiger partial charge in [0.15, 0.2) is 6.61 Å². The predicted octanol–water partition coefficient (Wildman–Crippen LogP) is 9.09. The maximum absolute atomic E-state index is 14.0. The van der Waals surface area contributed by atoms with E-state index in [0.29, 0.717) is 45.3 Å². The van der Waals surface area contributed by atoms with Crippen LogP contribution in [0.1, 0.15) is 33.6 Å². The van der Waals surface area contributed by atoms with E-state index in [0.717, 1.165) is 60.3 Å². The highest BCUT2D eigenvalue weighted by Crippen LogP contribution is 2.35. The van der Waals surface area contributed by atoms with Gasteiger partial charge in [-0.05, 0) is 126 Å². The van der Waals surface area contributed by atoms with Crippen molar-refractivity contribution >= 4 is 90.2 Å². The molecule has 1 fully saturated rings. The Kier molecular flexibility index (Phi) is 18.7. The van der Waals surface area contributed by atoms with Gasteiger partial charge in [0.25, 0.3) is 17.7 Å². The van der Waals surface area contributed by atoms with Crippen LogP contribution in [0.2, 0.25) is 0 Å². The van der Waals surface area contributed by atoms with Gasteiger partial charge in [0, 0.05) is 76.0 Å².